The Balaban J connectivity index is 2.70. The number of alkyl halides is 3. The molecule has 0 bridgehead atoms. The third-order valence-electron chi connectivity index (χ3n) is 4.90. The predicted molar refractivity (Wildman–Crippen MR) is 101 cm³/mol. The summed E-state index contributed by atoms with van der Waals surface area (Å²) in [6.07, 6.45) is -4.90. The summed E-state index contributed by atoms with van der Waals surface area (Å²) in [6, 6.07) is 4.40. The fourth-order valence-corrected chi connectivity index (χ4v) is 3.29. The lowest BCUT2D eigenvalue weighted by Crippen LogP contribution is -2.34. The molecule has 1 atom stereocenters. The molecule has 29 heavy (non-hydrogen) atoms. The van der Waals surface area contributed by atoms with Gasteiger partial charge in [0.25, 0.3) is 0 Å². The number of carbonyl (C=O) groups is 2. The Morgan fingerprint density at radius 1 is 1.00 bits per heavy atom. The van der Waals surface area contributed by atoms with E-state index in [9.17, 15) is 22.8 Å². The summed E-state index contributed by atoms with van der Waals surface area (Å²) < 4.78 is 49.2. The first-order valence-electron chi connectivity index (χ1n) is 9.01. The topological polar surface area (TPSA) is 55.8 Å². The van der Waals surface area contributed by atoms with Gasteiger partial charge in [0.1, 0.15) is 0 Å². The molecule has 1 aromatic carbocycles. The minimum absolute atomic E-state index is 0.177. The molecule has 0 spiro atoms. The van der Waals surface area contributed by atoms with E-state index >= 15 is 0 Å². The molecule has 1 heterocycles. The maximum Gasteiger partial charge on any atom is 0.416 e. The van der Waals surface area contributed by atoms with Crippen molar-refractivity contribution in [1.29, 1.82) is 0 Å². The van der Waals surface area contributed by atoms with E-state index in [2.05, 4.69) is 0 Å². The first-order chi connectivity index (χ1) is 13.4. The van der Waals surface area contributed by atoms with E-state index < -0.39 is 35.7 Å². The largest absolute Gasteiger partial charge is 0.466 e. The van der Waals surface area contributed by atoms with E-state index in [0.717, 1.165) is 12.1 Å². The molecule has 0 radical (unpaired) electrons. The minimum Gasteiger partial charge on any atom is -0.466 e. The van der Waals surface area contributed by atoms with Crippen LogP contribution in [0.15, 0.2) is 46.8 Å². The lowest BCUT2D eigenvalue weighted by Gasteiger charge is -2.36. The van der Waals surface area contributed by atoms with Crippen molar-refractivity contribution < 1.29 is 32.2 Å². The van der Waals surface area contributed by atoms with Crippen LogP contribution in [0.5, 0.6) is 0 Å². The zero-order valence-electron chi connectivity index (χ0n) is 17.2. The van der Waals surface area contributed by atoms with Crippen LogP contribution in [0.4, 0.5) is 13.2 Å². The maximum absolute atomic E-state index is 13.0. The molecule has 8 heteroatoms. The van der Waals surface area contributed by atoms with Crippen molar-refractivity contribution in [2.24, 2.45) is 0 Å². The fourth-order valence-electron chi connectivity index (χ4n) is 3.29. The number of halogens is 3. The van der Waals surface area contributed by atoms with Gasteiger partial charge in [-0.2, -0.15) is 13.2 Å². The van der Waals surface area contributed by atoms with Gasteiger partial charge in [0.2, 0.25) is 0 Å². The molecular weight excluding hydrogens is 387 g/mol. The Morgan fingerprint density at radius 2 is 1.48 bits per heavy atom. The lowest BCUT2D eigenvalue weighted by atomic mass is 9.79. The van der Waals surface area contributed by atoms with Gasteiger partial charge >= 0.3 is 18.1 Å². The molecule has 0 saturated heterocycles. The minimum atomic E-state index is -4.49. The SMILES string of the molecule is COC(=O)C1=C(C)N(C)C(C)=C(C(=O)OC(C)C)C1c1ccc(C(F)(F)F)cc1. The zero-order chi connectivity index (χ0) is 22.1. The Hall–Kier alpha value is -2.77. The van der Waals surface area contributed by atoms with Gasteiger partial charge in [-0.1, -0.05) is 12.1 Å². The average molecular weight is 411 g/mol. The summed E-state index contributed by atoms with van der Waals surface area (Å²) in [4.78, 5) is 27.1. The van der Waals surface area contributed by atoms with Crippen LogP contribution in [0.2, 0.25) is 0 Å². The summed E-state index contributed by atoms with van der Waals surface area (Å²) in [5.41, 5.74) is 0.997. The molecule has 0 fully saturated rings. The Morgan fingerprint density at radius 3 is 1.90 bits per heavy atom. The molecule has 0 aliphatic carbocycles. The van der Waals surface area contributed by atoms with Gasteiger partial charge in [-0.25, -0.2) is 9.59 Å². The molecule has 0 amide bonds. The van der Waals surface area contributed by atoms with Crippen LogP contribution in [0.25, 0.3) is 0 Å². The Kier molecular flexibility index (Phi) is 6.45. The van der Waals surface area contributed by atoms with Crippen molar-refractivity contribution in [3.63, 3.8) is 0 Å². The van der Waals surface area contributed by atoms with E-state index in [-0.39, 0.29) is 11.1 Å². The predicted octanol–water partition coefficient (Wildman–Crippen LogP) is 4.41. The monoisotopic (exact) mass is 411 g/mol. The van der Waals surface area contributed by atoms with Crippen molar-refractivity contribution in [2.75, 3.05) is 14.2 Å². The molecule has 1 unspecified atom stereocenters. The first kappa shape index (κ1) is 22.5. The number of methoxy groups -OCH3 is 1. The van der Waals surface area contributed by atoms with Gasteiger partial charge < -0.3 is 14.4 Å². The summed E-state index contributed by atoms with van der Waals surface area (Å²) in [5, 5.41) is 0. The van der Waals surface area contributed by atoms with Crippen LogP contribution in [-0.2, 0) is 25.2 Å². The van der Waals surface area contributed by atoms with Gasteiger partial charge in [0.15, 0.2) is 0 Å². The van der Waals surface area contributed by atoms with Gasteiger partial charge in [-0.15, -0.1) is 0 Å². The third-order valence-corrected chi connectivity index (χ3v) is 4.90. The smallest absolute Gasteiger partial charge is 0.416 e. The van der Waals surface area contributed by atoms with Crippen LogP contribution in [-0.4, -0.2) is 37.1 Å². The summed E-state index contributed by atoms with van der Waals surface area (Å²) in [5.74, 6) is -2.21. The average Bonchev–Trinajstić information content (AvgIpc) is 2.64. The van der Waals surface area contributed by atoms with Gasteiger partial charge in [0, 0.05) is 18.4 Å². The van der Waals surface area contributed by atoms with Crippen molar-refractivity contribution in [1.82, 2.24) is 4.90 Å². The van der Waals surface area contributed by atoms with Crippen LogP contribution in [0, 0.1) is 0 Å². The molecule has 0 N–H and O–H groups in total. The van der Waals surface area contributed by atoms with E-state index in [1.807, 2.05) is 0 Å². The number of nitrogens with zero attached hydrogens (tertiary/aromatic N) is 1. The van der Waals surface area contributed by atoms with Gasteiger partial charge in [-0.05, 0) is 45.4 Å². The second-order valence-electron chi connectivity index (χ2n) is 7.06. The van der Waals surface area contributed by atoms with Crippen molar-refractivity contribution in [2.45, 2.75) is 45.9 Å². The molecule has 1 aliphatic rings. The van der Waals surface area contributed by atoms with E-state index in [1.165, 1.54) is 19.2 Å². The molecule has 158 valence electrons. The molecule has 1 aromatic rings. The van der Waals surface area contributed by atoms with Crippen molar-refractivity contribution >= 4 is 11.9 Å². The summed E-state index contributed by atoms with van der Waals surface area (Å²) in [7, 11) is 2.91. The highest BCUT2D eigenvalue weighted by atomic mass is 19.4. The van der Waals surface area contributed by atoms with Crippen LogP contribution >= 0.6 is 0 Å². The first-order valence-corrected chi connectivity index (χ1v) is 9.01. The third kappa shape index (κ3) is 4.46. The highest BCUT2D eigenvalue weighted by Gasteiger charge is 2.40. The van der Waals surface area contributed by atoms with Crippen LogP contribution < -0.4 is 0 Å². The van der Waals surface area contributed by atoms with Gasteiger partial charge in [-0.3, -0.25) is 0 Å². The zero-order valence-corrected chi connectivity index (χ0v) is 17.2. The van der Waals surface area contributed by atoms with Crippen LogP contribution in [0.1, 0.15) is 44.7 Å². The van der Waals surface area contributed by atoms with Crippen molar-refractivity contribution in [3.05, 3.63) is 57.9 Å². The second kappa shape index (κ2) is 8.31. The summed E-state index contributed by atoms with van der Waals surface area (Å²) >= 11 is 0. The molecule has 0 saturated carbocycles. The Labute approximate surface area is 167 Å². The van der Waals surface area contributed by atoms with E-state index in [1.54, 1.807) is 39.6 Å². The maximum atomic E-state index is 13.0. The fraction of sp³-hybridized carbons (Fsp3) is 0.429. The number of ether oxygens (including phenoxy) is 2. The number of allylic oxidation sites excluding steroid dienone is 2. The van der Waals surface area contributed by atoms with E-state index in [0.29, 0.717) is 17.0 Å². The highest BCUT2D eigenvalue weighted by Crippen LogP contribution is 2.43. The Bertz CT molecular complexity index is 867. The number of esters is 2. The van der Waals surface area contributed by atoms with Crippen molar-refractivity contribution in [3.8, 4) is 0 Å². The number of hydrogen-bond donors (Lipinski definition) is 0. The van der Waals surface area contributed by atoms with E-state index in [4.69, 9.17) is 9.47 Å². The summed E-state index contributed by atoms with van der Waals surface area (Å²) in [6.45, 7) is 6.77. The number of carbonyl (C=O) groups excluding carboxylic acids is 2. The normalized spacial score (nSPS) is 17.7. The highest BCUT2D eigenvalue weighted by molar-refractivity contribution is 5.99. The molecule has 1 aliphatic heterocycles. The lowest BCUT2D eigenvalue weighted by molar-refractivity contribution is -0.143. The standard InChI is InChI=1S/C21H24F3NO4/c1-11(2)29-20(27)17-13(4)25(5)12(3)16(19(26)28-6)18(17)14-7-9-15(10-8-14)21(22,23)24/h7-11,18H,1-6H3. The quantitative estimate of drug-likeness (QED) is 0.687. The molecular formula is C21H24F3NO4. The molecule has 0 aromatic heterocycles. The second-order valence-corrected chi connectivity index (χ2v) is 7.06. The molecule has 2 rings (SSSR count). The number of rotatable bonds is 4. The number of benzene rings is 1. The van der Waals surface area contributed by atoms with Gasteiger partial charge in [0.05, 0.1) is 35.8 Å². The molecule has 5 nitrogen and oxygen atoms in total. The van der Waals surface area contributed by atoms with Crippen LogP contribution in [0.3, 0.4) is 0 Å². The number of hydrogen-bond acceptors (Lipinski definition) is 5.